The van der Waals surface area contributed by atoms with Crippen LogP contribution in [0.25, 0.3) is 0 Å². The maximum atomic E-state index is 11.9. The van der Waals surface area contributed by atoms with Crippen molar-refractivity contribution in [2.45, 2.75) is 26.8 Å². The molecule has 0 unspecified atom stereocenters. The first kappa shape index (κ1) is 14.0. The Morgan fingerprint density at radius 1 is 1.53 bits per heavy atom. The normalized spacial score (nSPS) is 10.6. The third kappa shape index (κ3) is 3.44. The summed E-state index contributed by atoms with van der Waals surface area (Å²) >= 11 is 5.66. The molecule has 1 amide bonds. The summed E-state index contributed by atoms with van der Waals surface area (Å²) in [6.45, 7) is 4.79. The fourth-order valence-electron chi connectivity index (χ4n) is 1.69. The predicted molar refractivity (Wildman–Crippen MR) is 66.5 cm³/mol. The number of carbonyl (C=O) groups excluding carboxylic acids is 1. The van der Waals surface area contributed by atoms with Gasteiger partial charge < -0.3 is 10.4 Å². The van der Waals surface area contributed by atoms with Crippen molar-refractivity contribution >= 4 is 17.5 Å². The second-order valence-electron chi connectivity index (χ2n) is 3.79. The van der Waals surface area contributed by atoms with Crippen molar-refractivity contribution in [1.29, 1.82) is 0 Å². The van der Waals surface area contributed by atoms with E-state index in [2.05, 4.69) is 10.4 Å². The Bertz CT molecular complexity index is 390. The molecule has 0 bridgehead atoms. The first-order valence-electron chi connectivity index (χ1n) is 5.60. The van der Waals surface area contributed by atoms with Crippen molar-refractivity contribution in [3.05, 3.63) is 17.0 Å². The van der Waals surface area contributed by atoms with E-state index >= 15 is 0 Å². The highest BCUT2D eigenvalue weighted by atomic mass is 35.5. The van der Waals surface area contributed by atoms with Crippen LogP contribution in [0, 0.1) is 13.8 Å². The molecule has 0 spiro atoms. The molecule has 1 heterocycles. The SMILES string of the molecule is Cc1nn(CCCl)c(C)c1C(=O)NCCCO. The average Bonchev–Trinajstić information content (AvgIpc) is 2.55. The number of aromatic nitrogens is 2. The fourth-order valence-corrected chi connectivity index (χ4v) is 1.85. The minimum Gasteiger partial charge on any atom is -0.396 e. The molecule has 6 heteroatoms. The molecule has 96 valence electrons. The Morgan fingerprint density at radius 2 is 2.24 bits per heavy atom. The number of aryl methyl sites for hydroxylation is 2. The molecule has 1 aromatic heterocycles. The Hall–Kier alpha value is -1.07. The number of rotatable bonds is 6. The number of halogens is 1. The van der Waals surface area contributed by atoms with Gasteiger partial charge in [0, 0.05) is 24.7 Å². The zero-order valence-corrected chi connectivity index (χ0v) is 10.9. The van der Waals surface area contributed by atoms with Crippen molar-refractivity contribution in [2.24, 2.45) is 0 Å². The lowest BCUT2D eigenvalue weighted by Crippen LogP contribution is -2.26. The van der Waals surface area contributed by atoms with Crippen LogP contribution in [0.1, 0.15) is 28.2 Å². The Labute approximate surface area is 106 Å². The van der Waals surface area contributed by atoms with Gasteiger partial charge in [-0.2, -0.15) is 5.10 Å². The molecule has 2 N–H and O–H groups in total. The molecule has 0 saturated carbocycles. The number of amides is 1. The number of nitrogens with one attached hydrogen (secondary N) is 1. The summed E-state index contributed by atoms with van der Waals surface area (Å²) in [7, 11) is 0. The minimum atomic E-state index is -0.144. The Kier molecular flexibility index (Phi) is 5.44. The number of hydrogen-bond donors (Lipinski definition) is 2. The maximum Gasteiger partial charge on any atom is 0.255 e. The summed E-state index contributed by atoms with van der Waals surface area (Å²) in [5.74, 6) is 0.322. The van der Waals surface area contributed by atoms with Gasteiger partial charge in [-0.1, -0.05) is 0 Å². The summed E-state index contributed by atoms with van der Waals surface area (Å²) in [5, 5.41) is 15.7. The number of alkyl halides is 1. The molecule has 17 heavy (non-hydrogen) atoms. The number of carbonyl (C=O) groups is 1. The molecule has 0 fully saturated rings. The average molecular weight is 260 g/mol. The van der Waals surface area contributed by atoms with E-state index in [1.54, 1.807) is 11.6 Å². The molecule has 1 rings (SSSR count). The van der Waals surface area contributed by atoms with E-state index in [0.29, 0.717) is 36.6 Å². The van der Waals surface area contributed by atoms with Crippen molar-refractivity contribution in [3.63, 3.8) is 0 Å². The zero-order chi connectivity index (χ0) is 12.8. The summed E-state index contributed by atoms with van der Waals surface area (Å²) in [6.07, 6.45) is 0.555. The second-order valence-corrected chi connectivity index (χ2v) is 4.17. The lowest BCUT2D eigenvalue weighted by Gasteiger charge is -2.05. The first-order chi connectivity index (χ1) is 8.11. The molecule has 0 aromatic carbocycles. The highest BCUT2D eigenvalue weighted by molar-refractivity contribution is 6.17. The van der Waals surface area contributed by atoms with Gasteiger partial charge in [0.05, 0.1) is 17.8 Å². The van der Waals surface area contributed by atoms with E-state index in [1.807, 2.05) is 6.92 Å². The topological polar surface area (TPSA) is 67.2 Å². The minimum absolute atomic E-state index is 0.0732. The Morgan fingerprint density at radius 3 is 2.82 bits per heavy atom. The third-order valence-corrected chi connectivity index (χ3v) is 2.69. The number of aliphatic hydroxyl groups excluding tert-OH is 1. The molecule has 0 aliphatic carbocycles. The Balaban J connectivity index is 2.78. The summed E-state index contributed by atoms with van der Waals surface area (Å²) < 4.78 is 1.74. The lowest BCUT2D eigenvalue weighted by atomic mass is 10.2. The number of hydrogen-bond acceptors (Lipinski definition) is 3. The van der Waals surface area contributed by atoms with E-state index in [9.17, 15) is 4.79 Å². The molecular formula is C11H18ClN3O2. The highest BCUT2D eigenvalue weighted by Crippen LogP contribution is 2.12. The van der Waals surface area contributed by atoms with E-state index in [-0.39, 0.29) is 12.5 Å². The van der Waals surface area contributed by atoms with Gasteiger partial charge in [-0.25, -0.2) is 0 Å². The van der Waals surface area contributed by atoms with Gasteiger partial charge in [0.1, 0.15) is 0 Å². The van der Waals surface area contributed by atoms with Gasteiger partial charge in [-0.15, -0.1) is 11.6 Å². The lowest BCUT2D eigenvalue weighted by molar-refractivity contribution is 0.0950. The molecule has 5 nitrogen and oxygen atoms in total. The molecule has 0 aliphatic heterocycles. The standard InChI is InChI=1S/C11H18ClN3O2/c1-8-10(11(17)13-5-3-7-16)9(2)15(14-8)6-4-12/h16H,3-7H2,1-2H3,(H,13,17). The summed E-state index contributed by atoms with van der Waals surface area (Å²) in [4.78, 5) is 11.9. The number of aliphatic hydroxyl groups is 1. The molecule has 0 saturated heterocycles. The molecule has 0 aliphatic rings. The smallest absolute Gasteiger partial charge is 0.255 e. The van der Waals surface area contributed by atoms with E-state index in [0.717, 1.165) is 5.69 Å². The summed E-state index contributed by atoms with van der Waals surface area (Å²) in [5.41, 5.74) is 2.13. The van der Waals surface area contributed by atoms with Gasteiger partial charge in [0.2, 0.25) is 0 Å². The highest BCUT2D eigenvalue weighted by Gasteiger charge is 2.17. The zero-order valence-electron chi connectivity index (χ0n) is 10.2. The van der Waals surface area contributed by atoms with Crippen LogP contribution in [-0.4, -0.2) is 39.8 Å². The van der Waals surface area contributed by atoms with Crippen LogP contribution in [0.3, 0.4) is 0 Å². The number of nitrogens with zero attached hydrogens (tertiary/aromatic N) is 2. The van der Waals surface area contributed by atoms with Crippen LogP contribution in [-0.2, 0) is 6.54 Å². The van der Waals surface area contributed by atoms with Gasteiger partial charge in [-0.05, 0) is 20.3 Å². The largest absolute Gasteiger partial charge is 0.396 e. The monoisotopic (exact) mass is 259 g/mol. The third-order valence-electron chi connectivity index (χ3n) is 2.53. The van der Waals surface area contributed by atoms with Crippen LogP contribution in [0.2, 0.25) is 0 Å². The summed E-state index contributed by atoms with van der Waals surface area (Å²) in [6, 6.07) is 0. The molecular weight excluding hydrogens is 242 g/mol. The fraction of sp³-hybridized carbons (Fsp3) is 0.636. The van der Waals surface area contributed by atoms with Gasteiger partial charge in [-0.3, -0.25) is 9.48 Å². The van der Waals surface area contributed by atoms with Gasteiger partial charge in [0.15, 0.2) is 0 Å². The molecule has 0 radical (unpaired) electrons. The van der Waals surface area contributed by atoms with Crippen molar-refractivity contribution in [1.82, 2.24) is 15.1 Å². The van der Waals surface area contributed by atoms with Crippen LogP contribution >= 0.6 is 11.6 Å². The van der Waals surface area contributed by atoms with Gasteiger partial charge >= 0.3 is 0 Å². The second kappa shape index (κ2) is 6.61. The van der Waals surface area contributed by atoms with Crippen LogP contribution in [0.15, 0.2) is 0 Å². The van der Waals surface area contributed by atoms with Crippen molar-refractivity contribution < 1.29 is 9.90 Å². The van der Waals surface area contributed by atoms with Crippen molar-refractivity contribution in [2.75, 3.05) is 19.0 Å². The van der Waals surface area contributed by atoms with E-state index in [1.165, 1.54) is 0 Å². The van der Waals surface area contributed by atoms with E-state index < -0.39 is 0 Å². The quantitative estimate of drug-likeness (QED) is 0.588. The van der Waals surface area contributed by atoms with Crippen LogP contribution < -0.4 is 5.32 Å². The molecule has 0 atom stereocenters. The van der Waals surface area contributed by atoms with Crippen LogP contribution in [0.5, 0.6) is 0 Å². The maximum absolute atomic E-state index is 11.9. The molecule has 1 aromatic rings. The van der Waals surface area contributed by atoms with Crippen LogP contribution in [0.4, 0.5) is 0 Å². The van der Waals surface area contributed by atoms with E-state index in [4.69, 9.17) is 16.7 Å². The van der Waals surface area contributed by atoms with Crippen molar-refractivity contribution in [3.8, 4) is 0 Å². The first-order valence-corrected chi connectivity index (χ1v) is 6.14. The van der Waals surface area contributed by atoms with Gasteiger partial charge in [0.25, 0.3) is 5.91 Å². The predicted octanol–water partition coefficient (Wildman–Crippen LogP) is 0.851.